The summed E-state index contributed by atoms with van der Waals surface area (Å²) in [5.74, 6) is 1.04. The average molecular weight is 346 g/mol. The summed E-state index contributed by atoms with van der Waals surface area (Å²) in [5, 5.41) is 6.57. The number of carbonyl (C=O) groups excluding carboxylic acids is 1. The van der Waals surface area contributed by atoms with E-state index in [2.05, 4.69) is 22.5 Å². The lowest BCUT2D eigenvalue weighted by Gasteiger charge is -2.16. The molecule has 1 aliphatic rings. The van der Waals surface area contributed by atoms with Gasteiger partial charge in [0.25, 0.3) is 0 Å². The molecule has 0 spiro atoms. The van der Waals surface area contributed by atoms with Crippen molar-refractivity contribution in [2.24, 2.45) is 4.99 Å². The van der Waals surface area contributed by atoms with Gasteiger partial charge in [-0.2, -0.15) is 0 Å². The number of benzene rings is 1. The molecule has 1 saturated heterocycles. The summed E-state index contributed by atoms with van der Waals surface area (Å²) in [7, 11) is 0. The Morgan fingerprint density at radius 2 is 2.04 bits per heavy atom. The molecule has 1 aromatic rings. The zero-order valence-corrected chi connectivity index (χ0v) is 15.4. The van der Waals surface area contributed by atoms with Crippen molar-refractivity contribution in [2.75, 3.05) is 37.7 Å². The van der Waals surface area contributed by atoms with Crippen LogP contribution in [0.25, 0.3) is 0 Å². The third-order valence-corrected chi connectivity index (χ3v) is 4.05. The molecule has 0 bridgehead atoms. The van der Waals surface area contributed by atoms with Gasteiger partial charge in [-0.25, -0.2) is 4.99 Å². The first-order chi connectivity index (χ1) is 12.2. The van der Waals surface area contributed by atoms with Gasteiger partial charge in [-0.3, -0.25) is 4.79 Å². The molecule has 0 aliphatic carbocycles. The van der Waals surface area contributed by atoms with Crippen LogP contribution in [0.4, 0.5) is 5.69 Å². The van der Waals surface area contributed by atoms with Crippen molar-refractivity contribution < 1.29 is 9.53 Å². The van der Waals surface area contributed by atoms with Gasteiger partial charge in [0.2, 0.25) is 5.91 Å². The van der Waals surface area contributed by atoms with Crippen molar-refractivity contribution in [3.05, 3.63) is 29.8 Å². The third-order valence-electron chi connectivity index (χ3n) is 4.05. The van der Waals surface area contributed by atoms with Gasteiger partial charge in [0.15, 0.2) is 5.96 Å². The van der Waals surface area contributed by atoms with Crippen LogP contribution < -0.4 is 15.5 Å². The van der Waals surface area contributed by atoms with Crippen LogP contribution in [0.1, 0.15) is 38.7 Å². The van der Waals surface area contributed by atoms with Gasteiger partial charge in [-0.05, 0) is 44.4 Å². The fourth-order valence-electron chi connectivity index (χ4n) is 2.74. The summed E-state index contributed by atoms with van der Waals surface area (Å²) >= 11 is 0. The van der Waals surface area contributed by atoms with Crippen molar-refractivity contribution in [1.29, 1.82) is 0 Å². The molecule has 0 saturated carbocycles. The third kappa shape index (κ3) is 6.38. The van der Waals surface area contributed by atoms with Crippen LogP contribution >= 0.6 is 0 Å². The van der Waals surface area contributed by atoms with E-state index in [9.17, 15) is 4.79 Å². The summed E-state index contributed by atoms with van der Waals surface area (Å²) < 4.78 is 5.34. The molecule has 1 aliphatic heterocycles. The molecule has 138 valence electrons. The standard InChI is InChI=1S/C19H30N4O2/c1-3-20-19(21-12-6-14-25-4-2)22-15-16-8-10-17(11-9-16)23-13-5-7-18(23)24/h8-11H,3-7,12-15H2,1-2H3,(H2,20,21,22). The number of guanidine groups is 1. The van der Waals surface area contributed by atoms with Gasteiger partial charge in [0.05, 0.1) is 6.54 Å². The Morgan fingerprint density at radius 1 is 1.24 bits per heavy atom. The monoisotopic (exact) mass is 346 g/mol. The second-order valence-corrected chi connectivity index (χ2v) is 5.99. The first-order valence-electron chi connectivity index (χ1n) is 9.23. The predicted molar refractivity (Wildman–Crippen MR) is 102 cm³/mol. The fourth-order valence-corrected chi connectivity index (χ4v) is 2.74. The molecule has 25 heavy (non-hydrogen) atoms. The molecule has 6 nitrogen and oxygen atoms in total. The van der Waals surface area contributed by atoms with Crippen LogP contribution in [-0.2, 0) is 16.1 Å². The summed E-state index contributed by atoms with van der Waals surface area (Å²) in [4.78, 5) is 18.3. The number of ether oxygens (including phenoxy) is 1. The first kappa shape index (κ1) is 19.2. The quantitative estimate of drug-likeness (QED) is 0.409. The predicted octanol–water partition coefficient (Wildman–Crippen LogP) is 2.30. The molecule has 1 fully saturated rings. The highest BCUT2D eigenvalue weighted by Crippen LogP contribution is 2.21. The number of hydrogen-bond donors (Lipinski definition) is 2. The summed E-state index contributed by atoms with van der Waals surface area (Å²) in [5.41, 5.74) is 2.11. The van der Waals surface area contributed by atoms with Crippen LogP contribution in [0.5, 0.6) is 0 Å². The molecular formula is C19H30N4O2. The minimum Gasteiger partial charge on any atom is -0.382 e. The zero-order chi connectivity index (χ0) is 17.9. The van der Waals surface area contributed by atoms with Crippen molar-refractivity contribution in [3.8, 4) is 0 Å². The minimum absolute atomic E-state index is 0.219. The number of nitrogens with zero attached hydrogens (tertiary/aromatic N) is 2. The van der Waals surface area contributed by atoms with E-state index in [0.717, 1.165) is 62.9 Å². The molecule has 2 N–H and O–H groups in total. The van der Waals surface area contributed by atoms with Crippen LogP contribution in [-0.4, -0.2) is 44.7 Å². The van der Waals surface area contributed by atoms with Gasteiger partial charge in [-0.1, -0.05) is 12.1 Å². The normalized spacial score (nSPS) is 14.9. The van der Waals surface area contributed by atoms with E-state index in [0.29, 0.717) is 13.0 Å². The van der Waals surface area contributed by atoms with E-state index in [1.807, 2.05) is 36.1 Å². The lowest BCUT2D eigenvalue weighted by Crippen LogP contribution is -2.38. The number of carbonyl (C=O) groups is 1. The molecule has 2 rings (SSSR count). The molecule has 1 amide bonds. The number of nitrogens with one attached hydrogen (secondary N) is 2. The summed E-state index contributed by atoms with van der Waals surface area (Å²) in [6.07, 6.45) is 2.57. The largest absolute Gasteiger partial charge is 0.382 e. The van der Waals surface area contributed by atoms with Crippen molar-refractivity contribution in [2.45, 2.75) is 39.7 Å². The maximum atomic E-state index is 11.8. The van der Waals surface area contributed by atoms with E-state index in [-0.39, 0.29) is 5.91 Å². The van der Waals surface area contributed by atoms with Crippen molar-refractivity contribution in [3.63, 3.8) is 0 Å². The van der Waals surface area contributed by atoms with E-state index < -0.39 is 0 Å². The van der Waals surface area contributed by atoms with Crippen LogP contribution in [0.15, 0.2) is 29.3 Å². The highest BCUT2D eigenvalue weighted by Gasteiger charge is 2.21. The Morgan fingerprint density at radius 3 is 2.68 bits per heavy atom. The second kappa shape index (κ2) is 10.7. The Kier molecular flexibility index (Phi) is 8.25. The lowest BCUT2D eigenvalue weighted by atomic mass is 10.2. The molecular weight excluding hydrogens is 316 g/mol. The van der Waals surface area contributed by atoms with E-state index >= 15 is 0 Å². The highest BCUT2D eigenvalue weighted by molar-refractivity contribution is 5.95. The summed E-state index contributed by atoms with van der Waals surface area (Å²) in [6, 6.07) is 8.11. The highest BCUT2D eigenvalue weighted by atomic mass is 16.5. The average Bonchev–Trinajstić information content (AvgIpc) is 3.06. The number of hydrogen-bond acceptors (Lipinski definition) is 3. The first-order valence-corrected chi connectivity index (χ1v) is 9.23. The minimum atomic E-state index is 0.219. The maximum Gasteiger partial charge on any atom is 0.227 e. The van der Waals surface area contributed by atoms with Crippen LogP contribution in [0, 0.1) is 0 Å². The molecule has 0 atom stereocenters. The van der Waals surface area contributed by atoms with Crippen molar-refractivity contribution in [1.82, 2.24) is 10.6 Å². The number of rotatable bonds is 9. The number of anilines is 1. The number of amides is 1. The number of aliphatic imine (C=N–C) groups is 1. The lowest BCUT2D eigenvalue weighted by molar-refractivity contribution is -0.117. The van der Waals surface area contributed by atoms with E-state index in [4.69, 9.17) is 4.74 Å². The second-order valence-electron chi connectivity index (χ2n) is 5.99. The molecule has 6 heteroatoms. The Hall–Kier alpha value is -2.08. The Balaban J connectivity index is 1.85. The Labute approximate surface area is 150 Å². The molecule has 1 heterocycles. The van der Waals surface area contributed by atoms with Gasteiger partial charge in [0, 0.05) is 45.0 Å². The molecule has 0 radical (unpaired) electrons. The van der Waals surface area contributed by atoms with Crippen molar-refractivity contribution >= 4 is 17.6 Å². The molecule has 0 aromatic heterocycles. The molecule has 0 unspecified atom stereocenters. The smallest absolute Gasteiger partial charge is 0.227 e. The van der Waals surface area contributed by atoms with E-state index in [1.165, 1.54) is 0 Å². The van der Waals surface area contributed by atoms with Crippen LogP contribution in [0.2, 0.25) is 0 Å². The van der Waals surface area contributed by atoms with Gasteiger partial charge in [-0.15, -0.1) is 0 Å². The van der Waals surface area contributed by atoms with Gasteiger partial charge < -0.3 is 20.3 Å². The topological polar surface area (TPSA) is 66.0 Å². The fraction of sp³-hybridized carbons (Fsp3) is 0.579. The Bertz CT molecular complexity index is 557. The van der Waals surface area contributed by atoms with Gasteiger partial charge in [0.1, 0.15) is 0 Å². The van der Waals surface area contributed by atoms with Gasteiger partial charge >= 0.3 is 0 Å². The zero-order valence-electron chi connectivity index (χ0n) is 15.4. The molecule has 1 aromatic carbocycles. The summed E-state index contributed by atoms with van der Waals surface area (Å²) in [6.45, 7) is 8.67. The van der Waals surface area contributed by atoms with E-state index in [1.54, 1.807) is 0 Å². The maximum absolute atomic E-state index is 11.8. The van der Waals surface area contributed by atoms with Crippen LogP contribution in [0.3, 0.4) is 0 Å². The SMILES string of the molecule is CCNC(=NCc1ccc(N2CCCC2=O)cc1)NCCCOCC.